The summed E-state index contributed by atoms with van der Waals surface area (Å²) in [6.45, 7) is 15.2. The largest absolute Gasteiger partial charge is 0.308 e. The van der Waals surface area contributed by atoms with Gasteiger partial charge in [-0.2, -0.15) is 4.68 Å². The molecule has 114 valence electrons. The van der Waals surface area contributed by atoms with Crippen LogP contribution < -0.4 is 5.32 Å². The van der Waals surface area contributed by atoms with E-state index >= 15 is 0 Å². The lowest BCUT2D eigenvalue weighted by Crippen LogP contribution is -2.35. The number of nitrogens with one attached hydrogen (secondary N) is 1. The Hall–Kier alpha value is -1.75. The van der Waals surface area contributed by atoms with Gasteiger partial charge in [0.1, 0.15) is 11.6 Å². The molecular formula is C16H25N5. The van der Waals surface area contributed by atoms with Gasteiger partial charge in [0.15, 0.2) is 5.82 Å². The van der Waals surface area contributed by atoms with E-state index in [4.69, 9.17) is 4.98 Å². The van der Waals surface area contributed by atoms with Gasteiger partial charge in [0.25, 0.3) is 0 Å². The summed E-state index contributed by atoms with van der Waals surface area (Å²) in [4.78, 5) is 9.09. The molecule has 5 nitrogen and oxygen atoms in total. The first-order valence-corrected chi connectivity index (χ1v) is 7.30. The third-order valence-corrected chi connectivity index (χ3v) is 3.32. The summed E-state index contributed by atoms with van der Waals surface area (Å²) in [7, 11) is 0. The maximum atomic E-state index is 4.70. The van der Waals surface area contributed by atoms with Crippen molar-refractivity contribution in [2.45, 2.75) is 60.5 Å². The van der Waals surface area contributed by atoms with E-state index in [9.17, 15) is 0 Å². The summed E-state index contributed by atoms with van der Waals surface area (Å²) in [5, 5.41) is 8.02. The molecule has 0 radical (unpaired) electrons. The van der Waals surface area contributed by atoms with Gasteiger partial charge in [0, 0.05) is 23.3 Å². The highest BCUT2D eigenvalue weighted by molar-refractivity contribution is 5.41. The Labute approximate surface area is 126 Å². The van der Waals surface area contributed by atoms with E-state index in [-0.39, 0.29) is 5.54 Å². The molecule has 0 saturated heterocycles. The van der Waals surface area contributed by atoms with Crippen molar-refractivity contribution >= 4 is 0 Å². The quantitative estimate of drug-likeness (QED) is 0.943. The van der Waals surface area contributed by atoms with Gasteiger partial charge in [-0.05, 0) is 60.1 Å². The number of pyridine rings is 1. The molecule has 2 aromatic rings. The lowest BCUT2D eigenvalue weighted by Gasteiger charge is -2.22. The molecule has 0 aliphatic rings. The molecule has 0 aliphatic carbocycles. The summed E-state index contributed by atoms with van der Waals surface area (Å²) in [6, 6.07) is 2.11. The van der Waals surface area contributed by atoms with Crippen LogP contribution in [0.5, 0.6) is 0 Å². The van der Waals surface area contributed by atoms with E-state index in [2.05, 4.69) is 49.2 Å². The van der Waals surface area contributed by atoms with Gasteiger partial charge in [-0.25, -0.2) is 9.97 Å². The van der Waals surface area contributed by atoms with Crippen molar-refractivity contribution in [2.24, 2.45) is 0 Å². The Kier molecular flexibility index (Phi) is 4.14. The second-order valence-electron chi connectivity index (χ2n) is 6.60. The fourth-order valence-electron chi connectivity index (χ4n) is 2.31. The maximum absolute atomic E-state index is 4.70. The SMILES string of the molecule is Cc1cc(C)c(CNC(C)(C)C)c(-n2nc(C)nc2C)n1. The van der Waals surface area contributed by atoms with Crippen LogP contribution in [0, 0.1) is 27.7 Å². The van der Waals surface area contributed by atoms with Gasteiger partial charge >= 0.3 is 0 Å². The lowest BCUT2D eigenvalue weighted by molar-refractivity contribution is 0.422. The molecule has 0 aromatic carbocycles. The number of aryl methyl sites for hydroxylation is 4. The summed E-state index contributed by atoms with van der Waals surface area (Å²) in [5.74, 6) is 2.51. The fraction of sp³-hybridized carbons (Fsp3) is 0.562. The van der Waals surface area contributed by atoms with Crippen molar-refractivity contribution in [3.05, 3.63) is 34.5 Å². The summed E-state index contributed by atoms with van der Waals surface area (Å²) in [5.41, 5.74) is 3.45. The van der Waals surface area contributed by atoms with Crippen molar-refractivity contribution in [3.8, 4) is 5.82 Å². The number of hydrogen-bond acceptors (Lipinski definition) is 4. The predicted octanol–water partition coefficient (Wildman–Crippen LogP) is 2.78. The molecule has 21 heavy (non-hydrogen) atoms. The normalized spacial score (nSPS) is 12.0. The molecular weight excluding hydrogens is 262 g/mol. The van der Waals surface area contributed by atoms with Crippen LogP contribution in [0.4, 0.5) is 0 Å². The van der Waals surface area contributed by atoms with Gasteiger partial charge in [-0.3, -0.25) is 0 Å². The molecule has 2 aromatic heterocycles. The highest BCUT2D eigenvalue weighted by Gasteiger charge is 2.17. The smallest absolute Gasteiger partial charge is 0.160 e. The lowest BCUT2D eigenvalue weighted by atomic mass is 10.1. The molecule has 0 spiro atoms. The van der Waals surface area contributed by atoms with Crippen LogP contribution in [0.25, 0.3) is 5.82 Å². The number of aromatic nitrogens is 4. The molecule has 0 saturated carbocycles. The molecule has 0 atom stereocenters. The van der Waals surface area contributed by atoms with Gasteiger partial charge in [0.05, 0.1) is 0 Å². The van der Waals surface area contributed by atoms with Crippen molar-refractivity contribution in [2.75, 3.05) is 0 Å². The van der Waals surface area contributed by atoms with Crippen molar-refractivity contribution in [1.29, 1.82) is 0 Å². The van der Waals surface area contributed by atoms with Crippen molar-refractivity contribution in [3.63, 3.8) is 0 Å². The van der Waals surface area contributed by atoms with Crippen molar-refractivity contribution < 1.29 is 0 Å². The molecule has 0 unspecified atom stereocenters. The van der Waals surface area contributed by atoms with Crippen LogP contribution in [0.2, 0.25) is 0 Å². The molecule has 0 amide bonds. The zero-order valence-electron chi connectivity index (χ0n) is 14.1. The first-order valence-electron chi connectivity index (χ1n) is 7.30. The molecule has 0 fully saturated rings. The minimum Gasteiger partial charge on any atom is -0.308 e. The third-order valence-electron chi connectivity index (χ3n) is 3.32. The highest BCUT2D eigenvalue weighted by Crippen LogP contribution is 2.19. The first-order chi connectivity index (χ1) is 9.67. The van der Waals surface area contributed by atoms with E-state index < -0.39 is 0 Å². The Morgan fingerprint density at radius 3 is 2.29 bits per heavy atom. The zero-order valence-corrected chi connectivity index (χ0v) is 14.1. The molecule has 2 rings (SSSR count). The van der Waals surface area contributed by atoms with Gasteiger partial charge in [0.2, 0.25) is 0 Å². The monoisotopic (exact) mass is 287 g/mol. The number of nitrogens with zero attached hydrogens (tertiary/aromatic N) is 4. The Bertz CT molecular complexity index is 649. The van der Waals surface area contributed by atoms with E-state index in [1.807, 2.05) is 25.5 Å². The second kappa shape index (κ2) is 5.56. The van der Waals surface area contributed by atoms with Crippen LogP contribution in [0.1, 0.15) is 49.2 Å². The Morgan fingerprint density at radius 2 is 1.76 bits per heavy atom. The van der Waals surface area contributed by atoms with E-state index in [0.29, 0.717) is 0 Å². The fourth-order valence-corrected chi connectivity index (χ4v) is 2.31. The third kappa shape index (κ3) is 3.67. The first kappa shape index (κ1) is 15.6. The molecule has 0 aliphatic heterocycles. The second-order valence-corrected chi connectivity index (χ2v) is 6.60. The minimum atomic E-state index is 0.0575. The Morgan fingerprint density at radius 1 is 1.10 bits per heavy atom. The predicted molar refractivity (Wildman–Crippen MR) is 84.7 cm³/mol. The van der Waals surface area contributed by atoms with Crippen LogP contribution in [-0.4, -0.2) is 25.3 Å². The van der Waals surface area contributed by atoms with Crippen LogP contribution >= 0.6 is 0 Å². The average Bonchev–Trinajstić information content (AvgIpc) is 2.65. The highest BCUT2D eigenvalue weighted by atomic mass is 15.4. The summed E-state index contributed by atoms with van der Waals surface area (Å²) >= 11 is 0. The number of rotatable bonds is 3. The topological polar surface area (TPSA) is 55.6 Å². The maximum Gasteiger partial charge on any atom is 0.160 e. The minimum absolute atomic E-state index is 0.0575. The molecule has 5 heteroatoms. The number of hydrogen-bond donors (Lipinski definition) is 1. The molecule has 0 bridgehead atoms. The van der Waals surface area contributed by atoms with Crippen molar-refractivity contribution in [1.82, 2.24) is 25.1 Å². The molecule has 2 heterocycles. The van der Waals surface area contributed by atoms with Crippen LogP contribution in [-0.2, 0) is 6.54 Å². The van der Waals surface area contributed by atoms with Crippen LogP contribution in [0.3, 0.4) is 0 Å². The van der Waals surface area contributed by atoms with Gasteiger partial charge in [-0.15, -0.1) is 5.10 Å². The summed E-state index contributed by atoms with van der Waals surface area (Å²) < 4.78 is 1.84. The standard InChI is InChI=1S/C16H25N5/c1-10-8-11(2)18-15(14(10)9-17-16(5,6)7)21-13(4)19-12(3)20-21/h8,17H,9H2,1-7H3. The zero-order chi connectivity index (χ0) is 15.8. The van der Waals surface area contributed by atoms with Gasteiger partial charge in [-0.1, -0.05) is 0 Å². The summed E-state index contributed by atoms with van der Waals surface area (Å²) in [6.07, 6.45) is 0. The van der Waals surface area contributed by atoms with Gasteiger partial charge < -0.3 is 5.32 Å². The Balaban J connectivity index is 2.51. The molecule has 1 N–H and O–H groups in total. The van der Waals surface area contributed by atoms with E-state index in [1.54, 1.807) is 0 Å². The van der Waals surface area contributed by atoms with E-state index in [0.717, 1.165) is 29.7 Å². The van der Waals surface area contributed by atoms with Crippen LogP contribution in [0.15, 0.2) is 6.07 Å². The average molecular weight is 287 g/mol. The van der Waals surface area contributed by atoms with E-state index in [1.165, 1.54) is 11.1 Å².